The molecular weight excluding hydrogens is 296 g/mol. The fourth-order valence-electron chi connectivity index (χ4n) is 2.05. The average molecular weight is 309 g/mol. The number of benzene rings is 1. The maximum absolute atomic E-state index is 12.2. The van der Waals surface area contributed by atoms with Crippen molar-refractivity contribution in [2.45, 2.75) is 13.5 Å². The van der Waals surface area contributed by atoms with Crippen molar-refractivity contribution in [1.29, 1.82) is 0 Å². The van der Waals surface area contributed by atoms with Crippen LogP contribution in [0.3, 0.4) is 0 Å². The van der Waals surface area contributed by atoms with Gasteiger partial charge in [0.1, 0.15) is 12.4 Å². The van der Waals surface area contributed by atoms with E-state index in [2.05, 4.69) is 15.5 Å². The normalized spacial score (nSPS) is 14.1. The lowest BCUT2D eigenvalue weighted by Crippen LogP contribution is -2.36. The van der Waals surface area contributed by atoms with Crippen LogP contribution in [0.4, 0.5) is 10.8 Å². The summed E-state index contributed by atoms with van der Waals surface area (Å²) in [6.45, 7) is 2.93. The number of anilines is 1. The largest absolute Gasteiger partial charge is 0.491 e. The number of rotatable bonds is 1. The second-order valence-electron chi connectivity index (χ2n) is 4.60. The van der Waals surface area contributed by atoms with Gasteiger partial charge in [0.25, 0.3) is 0 Å². The lowest BCUT2D eigenvalue weighted by molar-refractivity contribution is 0.199. The molecule has 110 valence electrons. The quantitative estimate of drug-likeness (QED) is 0.875. The first kappa shape index (κ1) is 13.7. The van der Waals surface area contributed by atoms with E-state index in [1.54, 1.807) is 30.0 Å². The Kier molecular flexibility index (Phi) is 3.66. The van der Waals surface area contributed by atoms with Crippen molar-refractivity contribution in [2.24, 2.45) is 0 Å². The highest BCUT2D eigenvalue weighted by molar-refractivity contribution is 6.30. The van der Waals surface area contributed by atoms with Gasteiger partial charge in [0.05, 0.1) is 13.1 Å². The van der Waals surface area contributed by atoms with Crippen molar-refractivity contribution < 1.29 is 14.1 Å². The summed E-state index contributed by atoms with van der Waals surface area (Å²) in [5, 5.41) is 6.79. The van der Waals surface area contributed by atoms with E-state index in [9.17, 15) is 4.79 Å². The molecule has 0 aliphatic carbocycles. The second-order valence-corrected chi connectivity index (χ2v) is 5.04. The predicted molar refractivity (Wildman–Crippen MR) is 75.4 cm³/mol. The van der Waals surface area contributed by atoms with Gasteiger partial charge in [0, 0.05) is 10.6 Å². The second kappa shape index (κ2) is 5.61. The van der Waals surface area contributed by atoms with E-state index in [1.165, 1.54) is 0 Å². The Morgan fingerprint density at radius 2 is 2.33 bits per heavy atom. The Morgan fingerprint density at radius 1 is 1.48 bits per heavy atom. The number of carbonyl (C=O) groups excluding carboxylic acids is 1. The van der Waals surface area contributed by atoms with E-state index in [-0.39, 0.29) is 12.0 Å². The third-order valence-corrected chi connectivity index (χ3v) is 3.27. The lowest BCUT2D eigenvalue weighted by Gasteiger charge is -2.18. The number of urea groups is 1. The van der Waals surface area contributed by atoms with Crippen molar-refractivity contribution in [3.63, 3.8) is 0 Å². The zero-order valence-electron chi connectivity index (χ0n) is 11.3. The summed E-state index contributed by atoms with van der Waals surface area (Å²) >= 11 is 5.98. The van der Waals surface area contributed by atoms with Gasteiger partial charge in [-0.05, 0) is 25.1 Å². The molecule has 0 spiro atoms. The highest BCUT2D eigenvalue weighted by Crippen LogP contribution is 2.26. The molecule has 0 unspecified atom stereocenters. The third kappa shape index (κ3) is 3.08. The van der Waals surface area contributed by atoms with Gasteiger partial charge in [-0.2, -0.15) is 4.98 Å². The molecule has 1 aromatic heterocycles. The molecule has 0 saturated heterocycles. The van der Waals surface area contributed by atoms with Crippen LogP contribution in [0.15, 0.2) is 22.7 Å². The first-order valence-corrected chi connectivity index (χ1v) is 6.77. The van der Waals surface area contributed by atoms with Crippen molar-refractivity contribution in [3.05, 3.63) is 34.6 Å². The molecule has 3 rings (SSSR count). The van der Waals surface area contributed by atoms with E-state index in [1.807, 2.05) is 0 Å². The van der Waals surface area contributed by atoms with E-state index in [0.717, 1.165) is 11.3 Å². The van der Waals surface area contributed by atoms with Gasteiger partial charge in [-0.15, -0.1) is 0 Å². The summed E-state index contributed by atoms with van der Waals surface area (Å²) in [5.41, 5.74) is 0.858. The minimum absolute atomic E-state index is 0.0778. The van der Waals surface area contributed by atoms with Crippen molar-refractivity contribution in [2.75, 3.05) is 18.5 Å². The van der Waals surface area contributed by atoms with Gasteiger partial charge < -0.3 is 14.2 Å². The summed E-state index contributed by atoms with van der Waals surface area (Å²) in [4.78, 5) is 17.8. The Labute approximate surface area is 125 Å². The Morgan fingerprint density at radius 3 is 3.10 bits per heavy atom. The number of aromatic nitrogens is 2. The van der Waals surface area contributed by atoms with Crippen LogP contribution in [0.5, 0.6) is 5.75 Å². The standard InChI is InChI=1S/C13H13ClN4O3/c1-8-15-12(21-17-8)16-13(19)18-4-5-20-11-3-2-10(14)6-9(11)7-18/h2-3,6H,4-5,7H2,1H3,(H,15,16,17,19). The molecule has 0 saturated carbocycles. The molecule has 0 fully saturated rings. The van der Waals surface area contributed by atoms with Crippen LogP contribution in [0.1, 0.15) is 11.4 Å². The minimum atomic E-state index is -0.324. The molecule has 1 aliphatic heterocycles. The van der Waals surface area contributed by atoms with Crippen LogP contribution in [-0.2, 0) is 6.54 Å². The fraction of sp³-hybridized carbons (Fsp3) is 0.308. The monoisotopic (exact) mass is 308 g/mol. The molecule has 7 nitrogen and oxygen atoms in total. The topological polar surface area (TPSA) is 80.5 Å². The minimum Gasteiger partial charge on any atom is -0.491 e. The Hall–Kier alpha value is -2.28. The van der Waals surface area contributed by atoms with Crippen molar-refractivity contribution >= 4 is 23.6 Å². The zero-order valence-corrected chi connectivity index (χ0v) is 12.1. The third-order valence-electron chi connectivity index (χ3n) is 3.03. The van der Waals surface area contributed by atoms with Gasteiger partial charge in [0.15, 0.2) is 5.82 Å². The molecule has 21 heavy (non-hydrogen) atoms. The Bertz CT molecular complexity index is 673. The molecule has 0 bridgehead atoms. The van der Waals surface area contributed by atoms with Gasteiger partial charge in [-0.3, -0.25) is 5.32 Å². The van der Waals surface area contributed by atoms with E-state index >= 15 is 0 Å². The smallest absolute Gasteiger partial charge is 0.329 e. The number of hydrogen-bond acceptors (Lipinski definition) is 5. The number of ether oxygens (including phenoxy) is 1. The molecule has 2 heterocycles. The number of nitrogens with zero attached hydrogens (tertiary/aromatic N) is 3. The van der Waals surface area contributed by atoms with Crippen LogP contribution in [0.2, 0.25) is 5.02 Å². The molecular formula is C13H13ClN4O3. The van der Waals surface area contributed by atoms with Crippen LogP contribution >= 0.6 is 11.6 Å². The number of hydrogen-bond donors (Lipinski definition) is 1. The number of carbonyl (C=O) groups is 1. The molecule has 8 heteroatoms. The molecule has 2 aromatic rings. The van der Waals surface area contributed by atoms with E-state index < -0.39 is 0 Å². The molecule has 2 amide bonds. The maximum Gasteiger partial charge on any atom is 0.329 e. The highest BCUT2D eigenvalue weighted by atomic mass is 35.5. The molecule has 1 N–H and O–H groups in total. The summed E-state index contributed by atoms with van der Waals surface area (Å²) in [7, 11) is 0. The number of aryl methyl sites for hydroxylation is 1. The highest BCUT2D eigenvalue weighted by Gasteiger charge is 2.21. The first-order chi connectivity index (χ1) is 10.1. The van der Waals surface area contributed by atoms with Gasteiger partial charge in [0.2, 0.25) is 0 Å². The van der Waals surface area contributed by atoms with E-state index in [0.29, 0.717) is 30.5 Å². The molecule has 0 atom stereocenters. The Balaban J connectivity index is 1.75. The first-order valence-electron chi connectivity index (χ1n) is 6.39. The maximum atomic E-state index is 12.2. The number of halogens is 1. The van der Waals surface area contributed by atoms with Gasteiger partial charge in [-0.25, -0.2) is 4.79 Å². The lowest BCUT2D eigenvalue weighted by atomic mass is 10.2. The molecule has 1 aromatic carbocycles. The molecule has 0 radical (unpaired) electrons. The van der Waals surface area contributed by atoms with Crippen LogP contribution in [0.25, 0.3) is 0 Å². The number of amides is 2. The number of fused-ring (bicyclic) bond motifs is 1. The average Bonchev–Trinajstić information content (AvgIpc) is 2.73. The molecule has 1 aliphatic rings. The summed E-state index contributed by atoms with van der Waals surface area (Å²) in [6, 6.07) is 5.11. The SMILES string of the molecule is Cc1noc(NC(=O)N2CCOc3ccc(Cl)cc3C2)n1. The van der Waals surface area contributed by atoms with Crippen LogP contribution < -0.4 is 10.1 Å². The zero-order chi connectivity index (χ0) is 14.8. The number of nitrogens with one attached hydrogen (secondary N) is 1. The summed E-state index contributed by atoms with van der Waals surface area (Å²) < 4.78 is 10.5. The van der Waals surface area contributed by atoms with Crippen molar-refractivity contribution in [3.8, 4) is 5.75 Å². The van der Waals surface area contributed by atoms with Crippen LogP contribution in [0, 0.1) is 6.92 Å². The fourth-order valence-corrected chi connectivity index (χ4v) is 2.25. The summed E-state index contributed by atoms with van der Waals surface area (Å²) in [6.07, 6.45) is 0. The van der Waals surface area contributed by atoms with E-state index in [4.69, 9.17) is 20.9 Å². The van der Waals surface area contributed by atoms with Crippen molar-refractivity contribution in [1.82, 2.24) is 15.0 Å². The van der Waals surface area contributed by atoms with Gasteiger partial charge >= 0.3 is 12.0 Å². The van der Waals surface area contributed by atoms with Gasteiger partial charge in [-0.1, -0.05) is 16.8 Å². The summed E-state index contributed by atoms with van der Waals surface area (Å²) in [5.74, 6) is 1.20. The van der Waals surface area contributed by atoms with Crippen LogP contribution in [-0.4, -0.2) is 34.2 Å². The predicted octanol–water partition coefficient (Wildman–Crippen LogP) is 2.46.